The monoisotopic (exact) mass is 321 g/mol. The molecule has 1 atom stereocenters. The van der Waals surface area contributed by atoms with Gasteiger partial charge in [-0.15, -0.1) is 0 Å². The van der Waals surface area contributed by atoms with Crippen molar-refractivity contribution in [1.29, 1.82) is 0 Å². The molecule has 0 aliphatic rings. The van der Waals surface area contributed by atoms with Gasteiger partial charge in [-0.1, -0.05) is 69.3 Å². The van der Waals surface area contributed by atoms with Gasteiger partial charge in [-0.25, -0.2) is 9.37 Å². The van der Waals surface area contributed by atoms with Gasteiger partial charge in [-0.05, 0) is 36.5 Å². The summed E-state index contributed by atoms with van der Waals surface area (Å²) < 4.78 is 14.2. The first kappa shape index (κ1) is 16.6. The Morgan fingerprint density at radius 2 is 1.71 bits per heavy atom. The van der Waals surface area contributed by atoms with Crippen LogP contribution in [-0.4, -0.2) is 4.98 Å². The van der Waals surface area contributed by atoms with E-state index in [0.717, 1.165) is 23.9 Å². The van der Waals surface area contributed by atoms with Crippen molar-refractivity contribution in [1.82, 2.24) is 4.98 Å². The quantitative estimate of drug-likeness (QED) is 0.568. The SMILES string of the molecule is CC(C)C[C@](C)(Cc1ccccc1)c1ccc2cccc(F)c2n1. The molecule has 2 aromatic carbocycles. The van der Waals surface area contributed by atoms with Gasteiger partial charge in [-0.2, -0.15) is 0 Å². The molecule has 0 N–H and O–H groups in total. The van der Waals surface area contributed by atoms with Crippen molar-refractivity contribution in [2.75, 3.05) is 0 Å². The van der Waals surface area contributed by atoms with Gasteiger partial charge in [0.1, 0.15) is 11.3 Å². The molecule has 1 aromatic heterocycles. The molecule has 3 rings (SSSR count). The summed E-state index contributed by atoms with van der Waals surface area (Å²) in [5.41, 5.74) is 2.61. The summed E-state index contributed by atoms with van der Waals surface area (Å²) in [5, 5.41) is 0.852. The Hall–Kier alpha value is -2.22. The van der Waals surface area contributed by atoms with Gasteiger partial charge in [0.25, 0.3) is 0 Å². The van der Waals surface area contributed by atoms with Crippen LogP contribution in [-0.2, 0) is 11.8 Å². The van der Waals surface area contributed by atoms with Crippen LogP contribution in [0.4, 0.5) is 4.39 Å². The zero-order chi connectivity index (χ0) is 17.2. The molecule has 2 heteroatoms. The maximum Gasteiger partial charge on any atom is 0.149 e. The van der Waals surface area contributed by atoms with Crippen LogP contribution in [0.25, 0.3) is 10.9 Å². The number of halogens is 1. The van der Waals surface area contributed by atoms with Gasteiger partial charge >= 0.3 is 0 Å². The van der Waals surface area contributed by atoms with Gasteiger partial charge in [-0.3, -0.25) is 0 Å². The first-order chi connectivity index (χ1) is 11.5. The first-order valence-corrected chi connectivity index (χ1v) is 8.58. The lowest BCUT2D eigenvalue weighted by Gasteiger charge is -2.31. The van der Waals surface area contributed by atoms with E-state index in [1.807, 2.05) is 18.2 Å². The fraction of sp³-hybridized carbons (Fsp3) is 0.318. The van der Waals surface area contributed by atoms with Crippen LogP contribution in [0.3, 0.4) is 0 Å². The fourth-order valence-electron chi connectivity index (χ4n) is 3.66. The molecule has 124 valence electrons. The van der Waals surface area contributed by atoms with E-state index in [0.29, 0.717) is 11.4 Å². The molecule has 0 saturated carbocycles. The molecule has 0 spiro atoms. The van der Waals surface area contributed by atoms with Crippen molar-refractivity contribution < 1.29 is 4.39 Å². The molecule has 1 heterocycles. The first-order valence-electron chi connectivity index (χ1n) is 8.58. The van der Waals surface area contributed by atoms with E-state index in [9.17, 15) is 4.39 Å². The molecular formula is C22H24FN. The third-order valence-electron chi connectivity index (χ3n) is 4.59. The third kappa shape index (κ3) is 3.48. The van der Waals surface area contributed by atoms with E-state index in [-0.39, 0.29) is 11.2 Å². The van der Waals surface area contributed by atoms with Crippen molar-refractivity contribution in [2.45, 2.75) is 39.0 Å². The number of rotatable bonds is 5. The van der Waals surface area contributed by atoms with Crippen LogP contribution in [0.1, 0.15) is 38.4 Å². The van der Waals surface area contributed by atoms with Gasteiger partial charge in [0.05, 0.1) is 0 Å². The van der Waals surface area contributed by atoms with Gasteiger partial charge < -0.3 is 0 Å². The van der Waals surface area contributed by atoms with Gasteiger partial charge in [0, 0.05) is 16.5 Å². The van der Waals surface area contributed by atoms with Crippen LogP contribution in [0.15, 0.2) is 60.7 Å². The minimum Gasteiger partial charge on any atom is -0.249 e. The Bertz CT molecular complexity index is 826. The van der Waals surface area contributed by atoms with Crippen molar-refractivity contribution in [3.05, 3.63) is 77.7 Å². The molecular weight excluding hydrogens is 297 g/mol. The average molecular weight is 321 g/mol. The molecule has 0 fully saturated rings. The summed E-state index contributed by atoms with van der Waals surface area (Å²) in [7, 11) is 0. The van der Waals surface area contributed by atoms with Crippen molar-refractivity contribution in [3.63, 3.8) is 0 Å². The number of fused-ring (bicyclic) bond motifs is 1. The number of benzene rings is 2. The molecule has 1 nitrogen and oxygen atoms in total. The smallest absolute Gasteiger partial charge is 0.149 e. The second-order valence-corrected chi connectivity index (χ2v) is 7.33. The van der Waals surface area contributed by atoms with Crippen LogP contribution in [0.2, 0.25) is 0 Å². The second kappa shape index (κ2) is 6.72. The topological polar surface area (TPSA) is 12.9 Å². The fourth-order valence-corrected chi connectivity index (χ4v) is 3.66. The molecule has 0 saturated heterocycles. The second-order valence-electron chi connectivity index (χ2n) is 7.33. The summed E-state index contributed by atoms with van der Waals surface area (Å²) in [5.74, 6) is 0.290. The van der Waals surface area contributed by atoms with E-state index < -0.39 is 0 Å². The number of hydrogen-bond acceptors (Lipinski definition) is 1. The predicted molar refractivity (Wildman–Crippen MR) is 98.7 cm³/mol. The Kier molecular flexibility index (Phi) is 4.66. The number of aromatic nitrogens is 1. The number of hydrogen-bond donors (Lipinski definition) is 0. The lowest BCUT2D eigenvalue weighted by Crippen LogP contribution is -2.28. The molecule has 0 radical (unpaired) electrons. The van der Waals surface area contributed by atoms with E-state index in [2.05, 4.69) is 51.1 Å². The summed E-state index contributed by atoms with van der Waals surface area (Å²) in [4.78, 5) is 4.72. The molecule has 0 aliphatic heterocycles. The van der Waals surface area contributed by atoms with Gasteiger partial charge in [0.15, 0.2) is 0 Å². The lowest BCUT2D eigenvalue weighted by atomic mass is 9.74. The number of pyridine rings is 1. The van der Waals surface area contributed by atoms with E-state index in [4.69, 9.17) is 4.98 Å². The van der Waals surface area contributed by atoms with Gasteiger partial charge in [0.2, 0.25) is 0 Å². The molecule has 0 unspecified atom stereocenters. The Balaban J connectivity index is 2.06. The summed E-state index contributed by atoms with van der Waals surface area (Å²) in [6, 6.07) is 19.7. The highest BCUT2D eigenvalue weighted by atomic mass is 19.1. The standard InChI is InChI=1S/C22H24FN/c1-16(2)14-22(3,15-17-8-5-4-6-9-17)20-13-12-18-10-7-11-19(23)21(18)24-20/h4-13,16H,14-15H2,1-3H3/t22-/m1/s1. The number of nitrogens with zero attached hydrogens (tertiary/aromatic N) is 1. The highest BCUT2D eigenvalue weighted by molar-refractivity contribution is 5.79. The normalized spacial score (nSPS) is 14.0. The number of para-hydroxylation sites is 1. The van der Waals surface area contributed by atoms with Crippen molar-refractivity contribution in [3.8, 4) is 0 Å². The lowest BCUT2D eigenvalue weighted by molar-refractivity contribution is 0.358. The highest BCUT2D eigenvalue weighted by Crippen LogP contribution is 2.34. The molecule has 0 bridgehead atoms. The van der Waals surface area contributed by atoms with Crippen LogP contribution in [0, 0.1) is 11.7 Å². The maximum atomic E-state index is 14.2. The van der Waals surface area contributed by atoms with Crippen molar-refractivity contribution in [2.24, 2.45) is 5.92 Å². The molecule has 24 heavy (non-hydrogen) atoms. The Morgan fingerprint density at radius 3 is 2.42 bits per heavy atom. The van der Waals surface area contributed by atoms with Crippen LogP contribution >= 0.6 is 0 Å². The minimum atomic E-state index is -0.249. The Morgan fingerprint density at radius 1 is 0.958 bits per heavy atom. The van der Waals surface area contributed by atoms with Crippen molar-refractivity contribution >= 4 is 10.9 Å². The summed E-state index contributed by atoms with van der Waals surface area (Å²) in [6.07, 6.45) is 1.91. The zero-order valence-corrected chi connectivity index (χ0v) is 14.6. The Labute approximate surface area is 143 Å². The predicted octanol–water partition coefficient (Wildman–Crippen LogP) is 5.92. The summed E-state index contributed by atoms with van der Waals surface area (Å²) >= 11 is 0. The van der Waals surface area contributed by atoms with E-state index in [1.54, 1.807) is 6.07 Å². The average Bonchev–Trinajstić information content (AvgIpc) is 2.55. The molecule has 0 amide bonds. The third-order valence-corrected chi connectivity index (χ3v) is 4.59. The molecule has 0 aliphatic carbocycles. The van der Waals surface area contributed by atoms with E-state index >= 15 is 0 Å². The van der Waals surface area contributed by atoms with E-state index in [1.165, 1.54) is 11.6 Å². The minimum absolute atomic E-state index is 0.119. The van der Waals surface area contributed by atoms with Crippen LogP contribution in [0.5, 0.6) is 0 Å². The van der Waals surface area contributed by atoms with Crippen LogP contribution < -0.4 is 0 Å². The molecule has 3 aromatic rings. The zero-order valence-electron chi connectivity index (χ0n) is 14.6. The summed E-state index contributed by atoms with van der Waals surface area (Å²) in [6.45, 7) is 6.70. The maximum absolute atomic E-state index is 14.2. The highest BCUT2D eigenvalue weighted by Gasteiger charge is 2.30. The largest absolute Gasteiger partial charge is 0.249 e.